The van der Waals surface area contributed by atoms with Gasteiger partial charge in [-0.15, -0.1) is 0 Å². The predicted octanol–water partition coefficient (Wildman–Crippen LogP) is 5.74. The van der Waals surface area contributed by atoms with Crippen molar-refractivity contribution in [3.05, 3.63) is 102 Å². The van der Waals surface area contributed by atoms with E-state index in [-0.39, 0.29) is 11.8 Å². The van der Waals surface area contributed by atoms with Gasteiger partial charge in [0, 0.05) is 41.7 Å². The first-order valence-corrected chi connectivity index (χ1v) is 12.6. The zero-order valence-corrected chi connectivity index (χ0v) is 20.1. The van der Waals surface area contributed by atoms with Crippen molar-refractivity contribution in [3.8, 4) is 5.88 Å². The monoisotopic (exact) mass is 467 g/mol. The van der Waals surface area contributed by atoms with Crippen LogP contribution in [0.4, 0.5) is 0 Å². The molecule has 4 aromatic rings. The fraction of sp³-hybridized carbons (Fsp3) is 0.300. The number of benzene rings is 3. The Labute approximate surface area is 207 Å². The van der Waals surface area contributed by atoms with E-state index >= 15 is 0 Å². The van der Waals surface area contributed by atoms with Crippen LogP contribution in [-0.4, -0.2) is 40.1 Å². The minimum Gasteiger partial charge on any atom is -0.494 e. The van der Waals surface area contributed by atoms with E-state index in [2.05, 4.69) is 40.5 Å². The van der Waals surface area contributed by atoms with Crippen molar-refractivity contribution in [2.24, 2.45) is 0 Å². The Morgan fingerprint density at radius 3 is 2.54 bits per heavy atom. The Bertz CT molecular complexity index is 1270. The van der Waals surface area contributed by atoms with Crippen molar-refractivity contribution >= 4 is 16.7 Å². The first-order valence-electron chi connectivity index (χ1n) is 12.6. The molecule has 0 spiro atoms. The third kappa shape index (κ3) is 5.41. The fourth-order valence-corrected chi connectivity index (χ4v) is 5.19. The number of nitrogens with zero attached hydrogens (tertiary/aromatic N) is 2. The van der Waals surface area contributed by atoms with Gasteiger partial charge in [-0.2, -0.15) is 0 Å². The Balaban J connectivity index is 1.18. The molecule has 35 heavy (non-hydrogen) atoms. The minimum atomic E-state index is -0.0969. The summed E-state index contributed by atoms with van der Waals surface area (Å²) in [4.78, 5) is 15.4. The lowest BCUT2D eigenvalue weighted by molar-refractivity contribution is 0.0947. The molecule has 0 saturated carbocycles. The second kappa shape index (κ2) is 10.8. The van der Waals surface area contributed by atoms with Crippen molar-refractivity contribution in [1.82, 2.24) is 14.8 Å². The SMILES string of the molecule is O=C(NCCCN1CCCCC1c1ccccc1)c1ccc2cn(Cc3ccccc3)c(O)c2c1. The minimum absolute atomic E-state index is 0.0969. The third-order valence-electron chi connectivity index (χ3n) is 7.02. The first-order chi connectivity index (χ1) is 17.2. The molecule has 1 atom stereocenters. The summed E-state index contributed by atoms with van der Waals surface area (Å²) < 4.78 is 1.82. The van der Waals surface area contributed by atoms with Gasteiger partial charge in [0.05, 0.1) is 6.54 Å². The van der Waals surface area contributed by atoms with Gasteiger partial charge < -0.3 is 15.0 Å². The number of nitrogens with one attached hydrogen (secondary N) is 1. The van der Waals surface area contributed by atoms with E-state index in [1.807, 2.05) is 53.2 Å². The van der Waals surface area contributed by atoms with Crippen molar-refractivity contribution < 1.29 is 9.90 Å². The molecule has 1 aliphatic rings. The molecule has 1 aromatic heterocycles. The molecule has 0 radical (unpaired) electrons. The number of rotatable bonds is 8. The average Bonchev–Trinajstić information content (AvgIpc) is 3.22. The van der Waals surface area contributed by atoms with Gasteiger partial charge in [0.25, 0.3) is 5.91 Å². The Morgan fingerprint density at radius 1 is 0.971 bits per heavy atom. The lowest BCUT2D eigenvalue weighted by atomic mass is 9.95. The summed E-state index contributed by atoms with van der Waals surface area (Å²) in [6.07, 6.45) is 6.55. The van der Waals surface area contributed by atoms with Crippen LogP contribution in [0.15, 0.2) is 85.1 Å². The molecule has 1 fully saturated rings. The Kier molecular flexibility index (Phi) is 7.15. The highest BCUT2D eigenvalue weighted by Crippen LogP contribution is 2.31. The second-order valence-corrected chi connectivity index (χ2v) is 9.44. The van der Waals surface area contributed by atoms with Gasteiger partial charge in [0.15, 0.2) is 5.88 Å². The van der Waals surface area contributed by atoms with Crippen LogP contribution in [0.5, 0.6) is 5.88 Å². The van der Waals surface area contributed by atoms with Crippen LogP contribution < -0.4 is 5.32 Å². The number of amides is 1. The van der Waals surface area contributed by atoms with E-state index in [1.165, 1.54) is 24.8 Å². The molecule has 2 heterocycles. The lowest BCUT2D eigenvalue weighted by Gasteiger charge is -2.36. The van der Waals surface area contributed by atoms with Crippen LogP contribution in [-0.2, 0) is 6.54 Å². The summed E-state index contributed by atoms with van der Waals surface area (Å²) >= 11 is 0. The fourth-order valence-electron chi connectivity index (χ4n) is 5.19. The highest BCUT2D eigenvalue weighted by Gasteiger charge is 2.23. The number of aromatic hydroxyl groups is 1. The molecule has 1 amide bonds. The first kappa shape index (κ1) is 23.2. The maximum atomic E-state index is 12.8. The van der Waals surface area contributed by atoms with Crippen LogP contribution in [0, 0.1) is 0 Å². The average molecular weight is 468 g/mol. The molecule has 5 rings (SSSR count). The predicted molar refractivity (Wildman–Crippen MR) is 141 cm³/mol. The molecular weight excluding hydrogens is 434 g/mol. The molecule has 1 saturated heterocycles. The maximum Gasteiger partial charge on any atom is 0.251 e. The normalized spacial score (nSPS) is 16.4. The van der Waals surface area contributed by atoms with Crippen LogP contribution >= 0.6 is 0 Å². The summed E-state index contributed by atoms with van der Waals surface area (Å²) in [5.41, 5.74) is 3.08. The number of carbonyl (C=O) groups excluding carboxylic acids is 1. The van der Waals surface area contributed by atoms with Crippen LogP contribution in [0.3, 0.4) is 0 Å². The number of hydrogen-bond acceptors (Lipinski definition) is 3. The van der Waals surface area contributed by atoms with Crippen LogP contribution in [0.25, 0.3) is 10.8 Å². The van der Waals surface area contributed by atoms with Crippen molar-refractivity contribution in [1.29, 1.82) is 0 Å². The molecular formula is C30H33N3O2. The molecule has 0 bridgehead atoms. The van der Waals surface area contributed by atoms with Gasteiger partial charge >= 0.3 is 0 Å². The van der Waals surface area contributed by atoms with E-state index < -0.39 is 0 Å². The molecule has 2 N–H and O–H groups in total. The number of fused-ring (bicyclic) bond motifs is 1. The Morgan fingerprint density at radius 2 is 1.74 bits per heavy atom. The second-order valence-electron chi connectivity index (χ2n) is 9.44. The number of piperidine rings is 1. The summed E-state index contributed by atoms with van der Waals surface area (Å²) in [7, 11) is 0. The van der Waals surface area contributed by atoms with Gasteiger partial charge in [-0.05, 0) is 49.1 Å². The molecule has 0 aliphatic carbocycles. The zero-order valence-electron chi connectivity index (χ0n) is 20.1. The molecule has 1 aliphatic heterocycles. The van der Waals surface area contributed by atoms with E-state index in [9.17, 15) is 9.90 Å². The van der Waals surface area contributed by atoms with Crippen molar-refractivity contribution in [2.75, 3.05) is 19.6 Å². The summed E-state index contributed by atoms with van der Waals surface area (Å²) in [5.74, 6) is 0.0934. The number of likely N-dealkylation sites (tertiary alicyclic amines) is 1. The van der Waals surface area contributed by atoms with Gasteiger partial charge in [0.2, 0.25) is 0 Å². The van der Waals surface area contributed by atoms with E-state index in [4.69, 9.17) is 0 Å². The smallest absolute Gasteiger partial charge is 0.251 e. The van der Waals surface area contributed by atoms with Gasteiger partial charge in [-0.1, -0.05) is 73.2 Å². The molecule has 3 aromatic carbocycles. The summed E-state index contributed by atoms with van der Waals surface area (Å²) in [6.45, 7) is 3.31. The summed E-state index contributed by atoms with van der Waals surface area (Å²) in [6, 6.07) is 26.8. The number of aromatic nitrogens is 1. The summed E-state index contributed by atoms with van der Waals surface area (Å²) in [5, 5.41) is 15.5. The molecule has 5 nitrogen and oxygen atoms in total. The topological polar surface area (TPSA) is 57.5 Å². The van der Waals surface area contributed by atoms with Crippen molar-refractivity contribution in [2.45, 2.75) is 38.3 Å². The highest BCUT2D eigenvalue weighted by molar-refractivity contribution is 6.00. The van der Waals surface area contributed by atoms with Crippen molar-refractivity contribution in [3.63, 3.8) is 0 Å². The van der Waals surface area contributed by atoms with Gasteiger partial charge in [0.1, 0.15) is 0 Å². The lowest BCUT2D eigenvalue weighted by Crippen LogP contribution is -2.36. The van der Waals surface area contributed by atoms with Crippen LogP contribution in [0.1, 0.15) is 53.2 Å². The Hall–Kier alpha value is -3.57. The molecule has 1 unspecified atom stereocenters. The third-order valence-corrected chi connectivity index (χ3v) is 7.02. The zero-order chi connectivity index (χ0) is 24.0. The largest absolute Gasteiger partial charge is 0.494 e. The number of hydrogen-bond donors (Lipinski definition) is 2. The van der Waals surface area contributed by atoms with Gasteiger partial charge in [-0.25, -0.2) is 0 Å². The van der Waals surface area contributed by atoms with E-state index in [0.29, 0.717) is 30.1 Å². The van der Waals surface area contributed by atoms with E-state index in [1.54, 1.807) is 6.07 Å². The number of carbonyl (C=O) groups is 1. The van der Waals surface area contributed by atoms with E-state index in [0.717, 1.165) is 30.5 Å². The maximum absolute atomic E-state index is 12.8. The highest BCUT2D eigenvalue weighted by atomic mass is 16.3. The molecule has 180 valence electrons. The molecule has 5 heteroatoms. The quantitative estimate of drug-likeness (QED) is 0.325. The van der Waals surface area contributed by atoms with Crippen LogP contribution in [0.2, 0.25) is 0 Å². The van der Waals surface area contributed by atoms with Gasteiger partial charge in [-0.3, -0.25) is 9.69 Å². The standard InChI is InChI=1S/C30H33N3O2/c34-29(31-17-9-19-32-18-8-7-14-28(32)24-12-5-2-6-13-24)25-15-16-26-22-33(30(35)27(26)20-25)21-23-10-3-1-4-11-23/h1-6,10-13,15-16,20,22,28,35H,7-9,14,17-19,21H2,(H,31,34).